The van der Waals surface area contributed by atoms with Gasteiger partial charge in [-0.25, -0.2) is 16.8 Å². The van der Waals surface area contributed by atoms with E-state index in [9.17, 15) is 16.8 Å². The number of hydrogen-bond donors (Lipinski definition) is 1. The van der Waals surface area contributed by atoms with Crippen molar-refractivity contribution >= 4 is 53.3 Å². The minimum Gasteiger partial charge on any atom is -0.379 e. The number of morpholine rings is 1. The number of hydrogen-bond acceptors (Lipinski definition) is 5. The van der Waals surface area contributed by atoms with Gasteiger partial charge >= 0.3 is 0 Å². The van der Waals surface area contributed by atoms with E-state index in [0.29, 0.717) is 17.7 Å². The largest absolute Gasteiger partial charge is 0.379 e. The van der Waals surface area contributed by atoms with Gasteiger partial charge in [-0.3, -0.25) is 4.72 Å². The number of benzene rings is 2. The average Bonchev–Trinajstić information content (AvgIpc) is 2.62. The van der Waals surface area contributed by atoms with Crippen molar-refractivity contribution in [3.8, 4) is 0 Å². The molecule has 1 fully saturated rings. The maximum atomic E-state index is 12.7. The summed E-state index contributed by atoms with van der Waals surface area (Å²) in [7, 11) is -7.71. The first-order chi connectivity index (χ1) is 12.7. The minimum absolute atomic E-state index is 0.00602. The van der Waals surface area contributed by atoms with Crippen LogP contribution >= 0.6 is 27.5 Å². The van der Waals surface area contributed by atoms with Gasteiger partial charge in [-0.15, -0.1) is 0 Å². The summed E-state index contributed by atoms with van der Waals surface area (Å²) < 4.78 is 60.2. The monoisotopic (exact) mass is 494 g/mol. The lowest BCUT2D eigenvalue weighted by atomic mass is 10.3. The first-order valence-electron chi connectivity index (χ1n) is 7.86. The molecule has 1 N–H and O–H groups in total. The van der Waals surface area contributed by atoms with Crippen LogP contribution in [0.15, 0.2) is 56.7 Å². The van der Waals surface area contributed by atoms with Gasteiger partial charge in [0.1, 0.15) is 4.90 Å². The smallest absolute Gasteiger partial charge is 0.263 e. The van der Waals surface area contributed by atoms with E-state index in [2.05, 4.69) is 20.7 Å². The van der Waals surface area contributed by atoms with E-state index in [1.54, 1.807) is 6.07 Å². The fourth-order valence-corrected chi connectivity index (χ4v) is 6.10. The lowest BCUT2D eigenvalue weighted by molar-refractivity contribution is 0.0730. The molecule has 2 aromatic rings. The summed E-state index contributed by atoms with van der Waals surface area (Å²) >= 11 is 9.24. The second-order valence-electron chi connectivity index (χ2n) is 5.72. The maximum absolute atomic E-state index is 12.7. The van der Waals surface area contributed by atoms with Crippen molar-refractivity contribution in [2.45, 2.75) is 9.79 Å². The van der Waals surface area contributed by atoms with Crippen LogP contribution in [0.3, 0.4) is 0 Å². The van der Waals surface area contributed by atoms with Crippen LogP contribution in [0.25, 0.3) is 0 Å². The maximum Gasteiger partial charge on any atom is 0.263 e. The number of ether oxygens (including phenoxy) is 1. The van der Waals surface area contributed by atoms with Gasteiger partial charge in [-0.1, -0.05) is 33.6 Å². The Hall–Kier alpha value is -1.17. The zero-order valence-corrected chi connectivity index (χ0v) is 17.9. The molecule has 0 radical (unpaired) electrons. The van der Waals surface area contributed by atoms with Crippen LogP contribution in [-0.4, -0.2) is 47.4 Å². The van der Waals surface area contributed by atoms with Gasteiger partial charge in [0.05, 0.1) is 28.8 Å². The average molecular weight is 496 g/mol. The third-order valence-corrected chi connectivity index (χ3v) is 8.13. The Kier molecular flexibility index (Phi) is 6.14. The summed E-state index contributed by atoms with van der Waals surface area (Å²) in [6, 6.07) is 10.1. The second-order valence-corrected chi connectivity index (χ2v) is 10.6. The summed E-state index contributed by atoms with van der Waals surface area (Å²) in [5, 5.41) is 0.0500. The molecule has 1 aliphatic heterocycles. The Labute approximate surface area is 171 Å². The fourth-order valence-electron chi connectivity index (χ4n) is 2.56. The van der Waals surface area contributed by atoms with Crippen LogP contribution in [0, 0.1) is 0 Å². The molecule has 0 unspecified atom stereocenters. The van der Waals surface area contributed by atoms with Crippen molar-refractivity contribution in [1.29, 1.82) is 0 Å². The van der Waals surface area contributed by atoms with Gasteiger partial charge in [0.15, 0.2) is 0 Å². The van der Waals surface area contributed by atoms with E-state index < -0.39 is 20.0 Å². The highest BCUT2D eigenvalue weighted by atomic mass is 79.9. The van der Waals surface area contributed by atoms with Gasteiger partial charge < -0.3 is 4.74 Å². The summed E-state index contributed by atoms with van der Waals surface area (Å²) in [5.41, 5.74) is 0.128. The Morgan fingerprint density at radius 1 is 1.04 bits per heavy atom. The summed E-state index contributed by atoms with van der Waals surface area (Å²) in [4.78, 5) is -0.0969. The molecule has 0 saturated carbocycles. The Balaban J connectivity index is 1.89. The van der Waals surface area contributed by atoms with Crippen LogP contribution in [-0.2, 0) is 24.8 Å². The molecule has 0 amide bonds. The third kappa shape index (κ3) is 4.64. The molecule has 27 heavy (non-hydrogen) atoms. The molecular weight excluding hydrogens is 480 g/mol. The first-order valence-corrected chi connectivity index (χ1v) is 12.0. The van der Waals surface area contributed by atoms with Crippen molar-refractivity contribution in [3.63, 3.8) is 0 Å². The second kappa shape index (κ2) is 8.06. The van der Waals surface area contributed by atoms with Crippen LogP contribution in [0.2, 0.25) is 5.02 Å². The molecule has 0 aliphatic carbocycles. The van der Waals surface area contributed by atoms with Crippen molar-refractivity contribution in [2.75, 3.05) is 31.0 Å². The highest BCUT2D eigenvalue weighted by Crippen LogP contribution is 2.28. The van der Waals surface area contributed by atoms with Crippen LogP contribution in [0.1, 0.15) is 0 Å². The summed E-state index contributed by atoms with van der Waals surface area (Å²) in [5.74, 6) is 0. The molecule has 0 spiro atoms. The Bertz CT molecular complexity index is 1050. The Morgan fingerprint density at radius 3 is 2.41 bits per heavy atom. The minimum atomic E-state index is -3.98. The molecule has 1 aliphatic rings. The van der Waals surface area contributed by atoms with Crippen molar-refractivity contribution in [2.24, 2.45) is 0 Å². The lowest BCUT2D eigenvalue weighted by Gasteiger charge is -2.26. The van der Waals surface area contributed by atoms with Gasteiger partial charge in [-0.05, 0) is 36.4 Å². The van der Waals surface area contributed by atoms with E-state index in [-0.39, 0.29) is 33.6 Å². The number of nitrogens with one attached hydrogen (secondary N) is 1. The summed E-state index contributed by atoms with van der Waals surface area (Å²) in [6.07, 6.45) is 0. The van der Waals surface area contributed by atoms with Crippen molar-refractivity contribution in [3.05, 3.63) is 52.0 Å². The molecule has 1 heterocycles. The van der Waals surface area contributed by atoms with Crippen molar-refractivity contribution < 1.29 is 21.6 Å². The number of anilines is 1. The third-order valence-electron chi connectivity index (χ3n) is 3.88. The van der Waals surface area contributed by atoms with E-state index in [0.717, 1.165) is 0 Å². The first kappa shape index (κ1) is 20.6. The van der Waals surface area contributed by atoms with Gasteiger partial charge in [-0.2, -0.15) is 4.31 Å². The SMILES string of the molecule is O=S(=O)(Nc1cccc(S(=O)(=O)N2CCOCC2)c1)c1ccc(Br)cc1Cl. The van der Waals surface area contributed by atoms with Gasteiger partial charge in [0.25, 0.3) is 10.0 Å². The highest BCUT2D eigenvalue weighted by Gasteiger charge is 2.27. The Morgan fingerprint density at radius 2 is 1.74 bits per heavy atom. The zero-order valence-electron chi connectivity index (χ0n) is 13.9. The topological polar surface area (TPSA) is 92.8 Å². The normalized spacial score (nSPS) is 16.2. The van der Waals surface area contributed by atoms with Gasteiger partial charge in [0, 0.05) is 17.6 Å². The fraction of sp³-hybridized carbons (Fsp3) is 0.250. The van der Waals surface area contributed by atoms with E-state index in [1.807, 2.05) is 0 Å². The van der Waals surface area contributed by atoms with E-state index >= 15 is 0 Å². The number of nitrogens with zero attached hydrogens (tertiary/aromatic N) is 1. The predicted molar refractivity (Wildman–Crippen MR) is 106 cm³/mol. The molecule has 11 heteroatoms. The molecule has 3 rings (SSSR count). The van der Waals surface area contributed by atoms with Crippen LogP contribution in [0.4, 0.5) is 5.69 Å². The standard InChI is InChI=1S/C16H16BrClN2O5S2/c17-12-4-5-16(15(18)10-12)26(21,22)19-13-2-1-3-14(11-13)27(23,24)20-6-8-25-9-7-20/h1-5,10-11,19H,6-9H2. The van der Waals surface area contributed by atoms with E-state index in [1.165, 1.54) is 40.7 Å². The number of halogens is 2. The zero-order chi connectivity index (χ0) is 19.7. The molecule has 7 nitrogen and oxygen atoms in total. The van der Waals surface area contributed by atoms with Gasteiger partial charge in [0.2, 0.25) is 10.0 Å². The number of rotatable bonds is 5. The van der Waals surface area contributed by atoms with Crippen LogP contribution in [0.5, 0.6) is 0 Å². The van der Waals surface area contributed by atoms with E-state index in [4.69, 9.17) is 16.3 Å². The molecule has 146 valence electrons. The molecular formula is C16H16BrClN2O5S2. The molecule has 0 aromatic heterocycles. The predicted octanol–water partition coefficient (Wildman–Crippen LogP) is 2.92. The van der Waals surface area contributed by atoms with Crippen LogP contribution < -0.4 is 4.72 Å². The highest BCUT2D eigenvalue weighted by molar-refractivity contribution is 9.10. The molecule has 0 atom stereocenters. The number of sulfonamides is 2. The quantitative estimate of drug-likeness (QED) is 0.688. The lowest BCUT2D eigenvalue weighted by Crippen LogP contribution is -2.40. The van der Waals surface area contributed by atoms with Crippen molar-refractivity contribution in [1.82, 2.24) is 4.31 Å². The molecule has 2 aromatic carbocycles. The molecule has 0 bridgehead atoms. The summed E-state index contributed by atoms with van der Waals surface area (Å²) in [6.45, 7) is 1.17. The molecule has 1 saturated heterocycles.